The van der Waals surface area contributed by atoms with Crippen LogP contribution in [0.2, 0.25) is 0 Å². The number of non-ortho nitro benzene ring substituents is 2. The first-order chi connectivity index (χ1) is 23.9. The number of aromatic nitrogens is 4. The number of aryl methyl sites for hydroxylation is 2. The molecule has 258 valence electrons. The maximum Gasteiger partial charge on any atom is 0.269 e. The third-order valence-electron chi connectivity index (χ3n) is 7.20. The van der Waals surface area contributed by atoms with E-state index in [1.165, 1.54) is 82.5 Å². The van der Waals surface area contributed by atoms with Crippen LogP contribution in [-0.2, 0) is 17.4 Å². The van der Waals surface area contributed by atoms with Gasteiger partial charge in [0.1, 0.15) is 22.9 Å². The Kier molecular flexibility index (Phi) is 11.6. The molecule has 0 radical (unpaired) electrons. The summed E-state index contributed by atoms with van der Waals surface area (Å²) in [5.74, 6) is -0.242. The van der Waals surface area contributed by atoms with Gasteiger partial charge in [-0.05, 0) is 62.4 Å². The van der Waals surface area contributed by atoms with Gasteiger partial charge in [0.05, 0.1) is 43.7 Å². The van der Waals surface area contributed by atoms with Crippen molar-refractivity contribution in [2.24, 2.45) is 9.98 Å². The summed E-state index contributed by atoms with van der Waals surface area (Å²) in [4.78, 5) is 28.8. The average molecular weight is 729 g/mol. The van der Waals surface area contributed by atoms with Crippen molar-refractivity contribution in [3.05, 3.63) is 140 Å². The minimum Gasteiger partial charge on any atom is -0.506 e. The predicted octanol–water partition coefficient (Wildman–Crippen LogP) is 6.50. The number of phenols is 2. The van der Waals surface area contributed by atoms with Gasteiger partial charge < -0.3 is 20.4 Å². The van der Waals surface area contributed by atoms with Crippen molar-refractivity contribution in [3.63, 3.8) is 0 Å². The Labute approximate surface area is 300 Å². The zero-order chi connectivity index (χ0) is 35.9. The second kappa shape index (κ2) is 16.0. The van der Waals surface area contributed by atoms with Gasteiger partial charge in [0.25, 0.3) is 11.4 Å². The van der Waals surface area contributed by atoms with Crippen molar-refractivity contribution >= 4 is 35.2 Å². The summed E-state index contributed by atoms with van der Waals surface area (Å²) in [6.07, 6.45) is 2.82. The molecule has 16 nitrogen and oxygen atoms in total. The van der Waals surface area contributed by atoms with Gasteiger partial charge in [0.2, 0.25) is 11.8 Å². The molecule has 0 aliphatic rings. The maximum absolute atomic E-state index is 10.7. The molecule has 0 aliphatic heterocycles. The van der Waals surface area contributed by atoms with Gasteiger partial charge in [-0.3, -0.25) is 30.2 Å². The van der Waals surface area contributed by atoms with Crippen LogP contribution in [0.15, 0.2) is 107 Å². The number of aromatic hydroxyl groups is 4. The van der Waals surface area contributed by atoms with E-state index >= 15 is 0 Å². The first-order valence-corrected chi connectivity index (χ1v) is 14.7. The van der Waals surface area contributed by atoms with Crippen molar-refractivity contribution in [1.82, 2.24) is 19.6 Å². The van der Waals surface area contributed by atoms with Crippen molar-refractivity contribution in [2.45, 2.75) is 13.8 Å². The average Bonchev–Trinajstić information content (AvgIpc) is 3.56. The fourth-order valence-corrected chi connectivity index (χ4v) is 4.56. The second-order valence-corrected chi connectivity index (χ2v) is 10.5. The van der Waals surface area contributed by atoms with Gasteiger partial charge >= 0.3 is 0 Å². The predicted molar refractivity (Wildman–Crippen MR) is 184 cm³/mol. The molecule has 0 fully saturated rings. The molecule has 2 heterocycles. The Hall–Kier alpha value is -6.83. The van der Waals surface area contributed by atoms with E-state index in [-0.39, 0.29) is 52.0 Å². The van der Waals surface area contributed by atoms with Crippen LogP contribution in [-0.4, -0.2) is 62.3 Å². The van der Waals surface area contributed by atoms with Crippen LogP contribution in [0.5, 0.6) is 23.3 Å². The van der Waals surface area contributed by atoms with E-state index in [1.54, 1.807) is 50.2 Å². The van der Waals surface area contributed by atoms with E-state index in [2.05, 4.69) is 20.2 Å². The SMILES string of the molecule is Cc1nn(-c2ccc([N+](=O)[O-])cc2)c(O)c1C=Nc1ccccc1O.Cc1nn(-c2ccc([N+](=O)[O-])cc2)c(O)c1C=Nc1ccccc1O.[Cr]. The molecular formula is C34H28CrN8O8. The molecule has 6 aromatic rings. The number of aliphatic imine (C=N–C) groups is 2. The van der Waals surface area contributed by atoms with E-state index in [0.29, 0.717) is 45.3 Å². The molecule has 17 heteroatoms. The Morgan fingerprint density at radius 3 is 1.24 bits per heavy atom. The Morgan fingerprint density at radius 2 is 0.922 bits per heavy atom. The van der Waals surface area contributed by atoms with Gasteiger partial charge in [-0.1, -0.05) is 24.3 Å². The number of hydrogen-bond donors (Lipinski definition) is 4. The molecule has 0 amide bonds. The third kappa shape index (κ3) is 8.43. The summed E-state index contributed by atoms with van der Waals surface area (Å²) in [6.45, 7) is 3.40. The molecule has 0 aliphatic carbocycles. The Bertz CT molecular complexity index is 2090. The van der Waals surface area contributed by atoms with Crippen LogP contribution < -0.4 is 0 Å². The Balaban J connectivity index is 0.000000224. The fourth-order valence-electron chi connectivity index (χ4n) is 4.56. The molecule has 2 aromatic heterocycles. The van der Waals surface area contributed by atoms with Crippen molar-refractivity contribution in [2.75, 3.05) is 0 Å². The zero-order valence-corrected chi connectivity index (χ0v) is 28.1. The molecule has 0 spiro atoms. The number of nitro groups is 2. The van der Waals surface area contributed by atoms with E-state index in [9.17, 15) is 40.7 Å². The van der Waals surface area contributed by atoms with Crippen molar-refractivity contribution < 1.29 is 47.6 Å². The van der Waals surface area contributed by atoms with Crippen LogP contribution in [0, 0.1) is 34.1 Å². The van der Waals surface area contributed by atoms with Gasteiger partial charge in [-0.15, -0.1) is 0 Å². The third-order valence-corrected chi connectivity index (χ3v) is 7.20. The number of rotatable bonds is 8. The number of phenolic OH excluding ortho intramolecular Hbond substituents is 2. The molecule has 4 aromatic carbocycles. The van der Waals surface area contributed by atoms with E-state index in [1.807, 2.05) is 0 Å². The van der Waals surface area contributed by atoms with E-state index in [0.717, 1.165) is 0 Å². The number of benzene rings is 4. The summed E-state index contributed by atoms with van der Waals surface area (Å²) in [7, 11) is 0. The zero-order valence-electron chi connectivity index (χ0n) is 26.8. The topological polar surface area (TPSA) is 228 Å². The monoisotopic (exact) mass is 728 g/mol. The number of para-hydroxylation sites is 4. The quantitative estimate of drug-likeness (QED) is 0.0755. The molecule has 0 unspecified atom stereocenters. The molecule has 0 saturated heterocycles. The summed E-state index contributed by atoms with van der Waals surface area (Å²) in [6, 6.07) is 24.5. The van der Waals surface area contributed by atoms with E-state index < -0.39 is 9.85 Å². The van der Waals surface area contributed by atoms with Gasteiger partial charge in [0, 0.05) is 54.1 Å². The van der Waals surface area contributed by atoms with Gasteiger partial charge in [0.15, 0.2) is 0 Å². The van der Waals surface area contributed by atoms with Gasteiger partial charge in [-0.2, -0.15) is 10.2 Å². The smallest absolute Gasteiger partial charge is 0.269 e. The first-order valence-electron chi connectivity index (χ1n) is 14.7. The van der Waals surface area contributed by atoms with Crippen LogP contribution >= 0.6 is 0 Å². The fraction of sp³-hybridized carbons (Fsp3) is 0.0588. The molecular weight excluding hydrogens is 700 g/mol. The normalized spacial score (nSPS) is 10.9. The van der Waals surface area contributed by atoms with Crippen LogP contribution in [0.4, 0.5) is 22.7 Å². The minimum atomic E-state index is -0.498. The minimum absolute atomic E-state index is 0. The standard InChI is InChI=1S/2C17H14N4O4.Cr/c2*1-11-14(10-18-15-4-2-3-5-16(15)22)17(23)20(19-11)12-6-8-13(9-7-12)21(24)25;/h2*2-10,22-23H,1H3;. The summed E-state index contributed by atoms with van der Waals surface area (Å²) >= 11 is 0. The molecule has 51 heavy (non-hydrogen) atoms. The summed E-state index contributed by atoms with van der Waals surface area (Å²) < 4.78 is 2.54. The Morgan fingerprint density at radius 1 is 0.588 bits per heavy atom. The summed E-state index contributed by atoms with van der Waals surface area (Å²) in [5.41, 5.74) is 3.42. The van der Waals surface area contributed by atoms with Gasteiger partial charge in [-0.25, -0.2) is 9.36 Å². The number of nitro benzene ring substituents is 2. The van der Waals surface area contributed by atoms with Crippen LogP contribution in [0.1, 0.15) is 22.5 Å². The molecule has 0 saturated carbocycles. The van der Waals surface area contributed by atoms with Crippen molar-refractivity contribution in [1.29, 1.82) is 0 Å². The maximum atomic E-state index is 10.7. The number of hydrogen-bond acceptors (Lipinski definition) is 12. The molecule has 4 N–H and O–H groups in total. The largest absolute Gasteiger partial charge is 0.506 e. The molecule has 0 bridgehead atoms. The first kappa shape index (κ1) is 37.0. The van der Waals surface area contributed by atoms with Crippen LogP contribution in [0.3, 0.4) is 0 Å². The van der Waals surface area contributed by atoms with Crippen LogP contribution in [0.25, 0.3) is 11.4 Å². The molecule has 6 rings (SSSR count). The summed E-state index contributed by atoms with van der Waals surface area (Å²) in [5, 5.41) is 70.2. The second-order valence-electron chi connectivity index (χ2n) is 10.5. The van der Waals surface area contributed by atoms with Crippen molar-refractivity contribution in [3.8, 4) is 34.6 Å². The van der Waals surface area contributed by atoms with E-state index in [4.69, 9.17) is 0 Å². The molecule has 0 atom stereocenters. The number of nitrogens with zero attached hydrogens (tertiary/aromatic N) is 8.